The van der Waals surface area contributed by atoms with Crippen molar-refractivity contribution in [2.75, 3.05) is 7.11 Å². The third kappa shape index (κ3) is 3.17. The normalized spacial score (nSPS) is 26.9. The van der Waals surface area contributed by atoms with Crippen molar-refractivity contribution in [3.63, 3.8) is 0 Å². The third-order valence-corrected chi connectivity index (χ3v) is 2.91. The SMILES string of the molecule is COC(=O)[C@@]1(CC(=O)OC(C)(C)C)C[C@@H]1C(F)F. The summed E-state index contributed by atoms with van der Waals surface area (Å²) in [5, 5.41) is 0. The molecule has 0 radical (unpaired) electrons. The molecule has 0 saturated heterocycles. The second-order valence-electron chi connectivity index (χ2n) is 5.56. The summed E-state index contributed by atoms with van der Waals surface area (Å²) in [7, 11) is 1.13. The topological polar surface area (TPSA) is 52.6 Å². The van der Waals surface area contributed by atoms with Crippen LogP contribution in [0, 0.1) is 11.3 Å². The van der Waals surface area contributed by atoms with Gasteiger partial charge in [-0.25, -0.2) is 8.78 Å². The fourth-order valence-electron chi connectivity index (χ4n) is 2.01. The van der Waals surface area contributed by atoms with E-state index in [2.05, 4.69) is 4.74 Å². The highest BCUT2D eigenvalue weighted by atomic mass is 19.3. The highest BCUT2D eigenvalue weighted by Crippen LogP contribution is 2.59. The summed E-state index contributed by atoms with van der Waals surface area (Å²) in [5.74, 6) is -2.54. The molecule has 1 aliphatic rings. The number of alkyl halides is 2. The van der Waals surface area contributed by atoms with Gasteiger partial charge >= 0.3 is 11.9 Å². The van der Waals surface area contributed by atoms with Crippen molar-refractivity contribution >= 4 is 11.9 Å². The van der Waals surface area contributed by atoms with Gasteiger partial charge in [0.05, 0.1) is 18.9 Å². The highest BCUT2D eigenvalue weighted by molar-refractivity contribution is 5.86. The molecular formula is C12H18F2O4. The molecule has 6 heteroatoms. The molecule has 0 spiro atoms. The van der Waals surface area contributed by atoms with Gasteiger partial charge in [0.25, 0.3) is 0 Å². The average Bonchev–Trinajstić information content (AvgIpc) is 2.89. The van der Waals surface area contributed by atoms with Crippen molar-refractivity contribution in [3.8, 4) is 0 Å². The molecule has 1 fully saturated rings. The Morgan fingerprint density at radius 3 is 2.28 bits per heavy atom. The molecule has 4 nitrogen and oxygen atoms in total. The van der Waals surface area contributed by atoms with E-state index in [1.807, 2.05) is 0 Å². The number of carbonyl (C=O) groups excluding carboxylic acids is 2. The molecule has 1 rings (SSSR count). The van der Waals surface area contributed by atoms with Gasteiger partial charge in [0, 0.05) is 5.92 Å². The summed E-state index contributed by atoms with van der Waals surface area (Å²) in [6.07, 6.45) is -3.02. The Hall–Kier alpha value is -1.20. The van der Waals surface area contributed by atoms with E-state index in [0.29, 0.717) is 0 Å². The zero-order valence-electron chi connectivity index (χ0n) is 11.0. The number of hydrogen-bond acceptors (Lipinski definition) is 4. The fraction of sp³-hybridized carbons (Fsp3) is 0.833. The van der Waals surface area contributed by atoms with Crippen molar-refractivity contribution in [2.24, 2.45) is 11.3 Å². The minimum atomic E-state index is -2.63. The number of halogens is 2. The Bertz CT molecular complexity index is 348. The lowest BCUT2D eigenvalue weighted by Crippen LogP contribution is -2.30. The predicted octanol–water partition coefficient (Wildman–Crippen LogP) is 2.16. The van der Waals surface area contributed by atoms with E-state index in [4.69, 9.17) is 4.74 Å². The Morgan fingerprint density at radius 2 is 1.94 bits per heavy atom. The predicted molar refractivity (Wildman–Crippen MR) is 59.0 cm³/mol. The number of rotatable bonds is 4. The van der Waals surface area contributed by atoms with Crippen molar-refractivity contribution < 1.29 is 27.8 Å². The maximum Gasteiger partial charge on any atom is 0.312 e. The van der Waals surface area contributed by atoms with Gasteiger partial charge in [-0.2, -0.15) is 0 Å². The number of esters is 2. The Morgan fingerprint density at radius 1 is 1.39 bits per heavy atom. The molecule has 0 unspecified atom stereocenters. The van der Waals surface area contributed by atoms with Crippen LogP contribution in [-0.4, -0.2) is 31.1 Å². The van der Waals surface area contributed by atoms with Gasteiger partial charge in [0.15, 0.2) is 0 Å². The molecule has 0 aromatic carbocycles. The molecule has 0 bridgehead atoms. The van der Waals surface area contributed by atoms with Gasteiger partial charge in [-0.05, 0) is 27.2 Å². The van der Waals surface area contributed by atoms with Gasteiger partial charge in [0.2, 0.25) is 6.43 Å². The Kier molecular flexibility index (Phi) is 3.98. The number of carbonyl (C=O) groups is 2. The van der Waals surface area contributed by atoms with E-state index < -0.39 is 35.3 Å². The van der Waals surface area contributed by atoms with E-state index in [1.54, 1.807) is 20.8 Å². The van der Waals surface area contributed by atoms with E-state index in [9.17, 15) is 18.4 Å². The second kappa shape index (κ2) is 4.82. The summed E-state index contributed by atoms with van der Waals surface area (Å²) < 4.78 is 34.8. The molecule has 18 heavy (non-hydrogen) atoms. The Balaban J connectivity index is 2.72. The molecule has 1 saturated carbocycles. The summed E-state index contributed by atoms with van der Waals surface area (Å²) in [5.41, 5.74) is -2.10. The van der Waals surface area contributed by atoms with Gasteiger partial charge in [0.1, 0.15) is 5.60 Å². The lowest BCUT2D eigenvalue weighted by molar-refractivity contribution is -0.163. The zero-order valence-corrected chi connectivity index (χ0v) is 11.0. The van der Waals surface area contributed by atoms with Crippen LogP contribution in [-0.2, 0) is 19.1 Å². The summed E-state index contributed by atoms with van der Waals surface area (Å²) >= 11 is 0. The van der Waals surface area contributed by atoms with E-state index >= 15 is 0 Å². The molecule has 0 heterocycles. The van der Waals surface area contributed by atoms with E-state index in [-0.39, 0.29) is 12.8 Å². The number of hydrogen-bond donors (Lipinski definition) is 0. The third-order valence-electron chi connectivity index (χ3n) is 2.91. The van der Waals surface area contributed by atoms with Gasteiger partial charge in [-0.1, -0.05) is 0 Å². The van der Waals surface area contributed by atoms with Crippen molar-refractivity contribution in [1.82, 2.24) is 0 Å². The summed E-state index contributed by atoms with van der Waals surface area (Å²) in [6, 6.07) is 0. The molecule has 0 amide bonds. The summed E-state index contributed by atoms with van der Waals surface area (Å²) in [6.45, 7) is 5.02. The Labute approximate surface area is 105 Å². The zero-order chi connectivity index (χ0) is 14.1. The number of ether oxygens (including phenoxy) is 2. The highest BCUT2D eigenvalue weighted by Gasteiger charge is 2.66. The van der Waals surface area contributed by atoms with Crippen LogP contribution in [0.5, 0.6) is 0 Å². The lowest BCUT2D eigenvalue weighted by Gasteiger charge is -2.21. The fourth-order valence-corrected chi connectivity index (χ4v) is 2.01. The van der Waals surface area contributed by atoms with Gasteiger partial charge in [-0.15, -0.1) is 0 Å². The molecular weight excluding hydrogens is 246 g/mol. The van der Waals surface area contributed by atoms with Crippen LogP contribution in [0.4, 0.5) is 8.78 Å². The molecule has 0 aromatic heterocycles. The van der Waals surface area contributed by atoms with Crippen LogP contribution in [0.1, 0.15) is 33.6 Å². The summed E-state index contributed by atoms with van der Waals surface area (Å²) in [4.78, 5) is 23.2. The average molecular weight is 264 g/mol. The first-order valence-corrected chi connectivity index (χ1v) is 5.71. The van der Waals surface area contributed by atoms with Crippen LogP contribution >= 0.6 is 0 Å². The van der Waals surface area contributed by atoms with Crippen molar-refractivity contribution in [2.45, 2.75) is 45.6 Å². The first kappa shape index (κ1) is 14.9. The molecule has 2 atom stereocenters. The van der Waals surface area contributed by atoms with Gasteiger partial charge in [-0.3, -0.25) is 9.59 Å². The molecule has 0 aromatic rings. The van der Waals surface area contributed by atoms with Gasteiger partial charge < -0.3 is 9.47 Å². The number of methoxy groups -OCH3 is 1. The van der Waals surface area contributed by atoms with Crippen LogP contribution in [0.25, 0.3) is 0 Å². The molecule has 1 aliphatic carbocycles. The first-order chi connectivity index (χ1) is 8.12. The largest absolute Gasteiger partial charge is 0.469 e. The van der Waals surface area contributed by atoms with Crippen LogP contribution in [0.3, 0.4) is 0 Å². The molecule has 0 N–H and O–H groups in total. The standard InChI is InChI=1S/C12H18F2O4/c1-11(2,3)18-8(15)6-12(10(16)17-4)5-7(12)9(13)14/h7,9H,5-6H2,1-4H3/t7-,12-/m1/s1. The molecule has 0 aliphatic heterocycles. The van der Waals surface area contributed by atoms with Crippen LogP contribution in [0.15, 0.2) is 0 Å². The van der Waals surface area contributed by atoms with E-state index in [1.165, 1.54) is 0 Å². The van der Waals surface area contributed by atoms with E-state index in [0.717, 1.165) is 7.11 Å². The first-order valence-electron chi connectivity index (χ1n) is 5.71. The minimum Gasteiger partial charge on any atom is -0.469 e. The maximum atomic E-state index is 12.6. The quantitative estimate of drug-likeness (QED) is 0.730. The second-order valence-corrected chi connectivity index (χ2v) is 5.56. The maximum absolute atomic E-state index is 12.6. The monoisotopic (exact) mass is 264 g/mol. The van der Waals surface area contributed by atoms with Crippen LogP contribution < -0.4 is 0 Å². The van der Waals surface area contributed by atoms with Crippen molar-refractivity contribution in [1.29, 1.82) is 0 Å². The van der Waals surface area contributed by atoms with Crippen molar-refractivity contribution in [3.05, 3.63) is 0 Å². The molecule has 104 valence electrons. The van der Waals surface area contributed by atoms with Crippen LogP contribution in [0.2, 0.25) is 0 Å². The smallest absolute Gasteiger partial charge is 0.312 e. The lowest BCUT2D eigenvalue weighted by atomic mass is 9.99. The minimum absolute atomic E-state index is 0.0312.